The Labute approximate surface area is 386 Å². The van der Waals surface area contributed by atoms with Gasteiger partial charge in [-0.05, 0) is 123 Å². The van der Waals surface area contributed by atoms with Crippen molar-refractivity contribution < 1.29 is 13.2 Å². The van der Waals surface area contributed by atoms with Crippen LogP contribution < -0.4 is 0 Å². The summed E-state index contributed by atoms with van der Waals surface area (Å²) in [4.78, 5) is 0. The summed E-state index contributed by atoms with van der Waals surface area (Å²) in [7, 11) is 0. The summed E-state index contributed by atoms with van der Waals surface area (Å²) >= 11 is 0. The molecule has 12 rings (SSSR count). The monoisotopic (exact) mass is 870 g/mol. The molecule has 0 radical (unpaired) electrons. The van der Waals surface area contributed by atoms with Crippen LogP contribution in [0.3, 0.4) is 0 Å². The molecule has 5 heteroatoms. The molecule has 0 amide bonds. The molecule has 0 aliphatic carbocycles. The molecule has 0 spiro atoms. The van der Waals surface area contributed by atoms with Crippen LogP contribution in [-0.2, 0) is 6.18 Å². The van der Waals surface area contributed by atoms with E-state index in [2.05, 4.69) is 130 Å². The topological polar surface area (TPSA) is 9.86 Å². The Hall–Kier alpha value is -8.41. The summed E-state index contributed by atoms with van der Waals surface area (Å²) in [5, 5.41) is 4.16. The van der Waals surface area contributed by atoms with Gasteiger partial charge in [0.2, 0.25) is 0 Å². The highest BCUT2D eigenvalue weighted by atomic mass is 19.4. The van der Waals surface area contributed by atoms with E-state index in [9.17, 15) is 0 Å². The van der Waals surface area contributed by atoms with Gasteiger partial charge in [0.25, 0.3) is 0 Å². The lowest BCUT2D eigenvalue weighted by molar-refractivity contribution is -0.137. The number of hydrogen-bond acceptors (Lipinski definition) is 0. The van der Waals surface area contributed by atoms with Crippen LogP contribution in [0, 0.1) is 6.92 Å². The largest absolute Gasteiger partial charge is 0.417 e. The molecule has 320 valence electrons. The fourth-order valence-corrected chi connectivity index (χ4v) is 10.0. The van der Waals surface area contributed by atoms with E-state index in [0.717, 1.165) is 99.4 Å². The third-order valence-electron chi connectivity index (χ3n) is 13.3. The number of nitrogens with zero attached hydrogens (tertiary/aromatic N) is 2. The predicted octanol–water partition coefficient (Wildman–Crippen LogP) is 17.5. The Balaban J connectivity index is 1.11. The van der Waals surface area contributed by atoms with E-state index in [1.165, 1.54) is 6.07 Å². The normalized spacial score (nSPS) is 11.9. The Kier molecular flexibility index (Phi) is 9.54. The van der Waals surface area contributed by atoms with Crippen LogP contribution in [-0.4, -0.2) is 9.13 Å². The Morgan fingerprint density at radius 3 is 0.940 bits per heavy atom. The number of benzene rings is 10. The number of rotatable bonds is 7. The molecule has 12 aromatic rings. The molecule has 0 saturated carbocycles. The lowest BCUT2D eigenvalue weighted by atomic mass is 9.94. The van der Waals surface area contributed by atoms with Crippen molar-refractivity contribution in [1.29, 1.82) is 0 Å². The van der Waals surface area contributed by atoms with Gasteiger partial charge in [-0.1, -0.05) is 176 Å². The van der Waals surface area contributed by atoms with Gasteiger partial charge >= 0.3 is 6.18 Å². The van der Waals surface area contributed by atoms with Crippen molar-refractivity contribution in [2.75, 3.05) is 0 Å². The summed E-state index contributed by atoms with van der Waals surface area (Å²) in [5.41, 5.74) is 14.3. The minimum absolute atomic E-state index is 0.119. The smallest absolute Gasteiger partial charge is 0.309 e. The van der Waals surface area contributed by atoms with Crippen molar-refractivity contribution in [2.24, 2.45) is 0 Å². The maximum atomic E-state index is 15.5. The lowest BCUT2D eigenvalue weighted by Gasteiger charge is -2.19. The molecular weight excluding hydrogens is 830 g/mol. The number of aryl methyl sites for hydroxylation is 1. The van der Waals surface area contributed by atoms with E-state index in [1.54, 1.807) is 12.1 Å². The van der Waals surface area contributed by atoms with Gasteiger partial charge in [-0.3, -0.25) is 0 Å². The van der Waals surface area contributed by atoms with Gasteiger partial charge in [0, 0.05) is 32.9 Å². The highest BCUT2D eigenvalue weighted by molar-refractivity contribution is 6.12. The second-order valence-electron chi connectivity index (χ2n) is 17.3. The van der Waals surface area contributed by atoms with Gasteiger partial charge in [0.1, 0.15) is 0 Å². The first-order valence-electron chi connectivity index (χ1n) is 22.5. The Morgan fingerprint density at radius 2 is 0.612 bits per heavy atom. The summed E-state index contributed by atoms with van der Waals surface area (Å²) < 4.78 is 50.9. The van der Waals surface area contributed by atoms with Crippen molar-refractivity contribution in [1.82, 2.24) is 9.13 Å². The Morgan fingerprint density at radius 1 is 0.299 bits per heavy atom. The maximum absolute atomic E-state index is 15.5. The molecule has 2 aromatic heterocycles. The second kappa shape index (κ2) is 15.9. The molecule has 0 aliphatic heterocycles. The first-order chi connectivity index (χ1) is 32.8. The van der Waals surface area contributed by atoms with E-state index in [1.807, 2.05) is 97.9 Å². The zero-order valence-corrected chi connectivity index (χ0v) is 36.5. The van der Waals surface area contributed by atoms with Crippen molar-refractivity contribution in [3.63, 3.8) is 0 Å². The average Bonchev–Trinajstić information content (AvgIpc) is 3.88. The van der Waals surface area contributed by atoms with Crippen molar-refractivity contribution in [3.05, 3.63) is 242 Å². The van der Waals surface area contributed by atoms with Crippen LogP contribution in [0.25, 0.3) is 111 Å². The Bertz CT molecular complexity index is 3640. The molecular formula is C62H41F3N2. The van der Waals surface area contributed by atoms with Gasteiger partial charge in [0.05, 0.1) is 27.6 Å². The first kappa shape index (κ1) is 40.1. The predicted molar refractivity (Wildman–Crippen MR) is 272 cm³/mol. The SMILES string of the molecule is Cc1ccc(-n2c3cc(-c4ccccc4)ccc3c3ccc(-c4ccccc4)cc32)cc1-c1cc(-n2c3cc(-c4ccccc4)ccc3c3ccc(-c4ccccc4)cc32)ccc1C(F)(F)F. The van der Waals surface area contributed by atoms with Crippen LogP contribution in [0.5, 0.6) is 0 Å². The number of halogens is 3. The summed E-state index contributed by atoms with van der Waals surface area (Å²) in [6, 6.07) is 77.3. The van der Waals surface area contributed by atoms with E-state index < -0.39 is 11.7 Å². The second-order valence-corrected chi connectivity index (χ2v) is 17.3. The molecule has 0 saturated heterocycles. The van der Waals surface area contributed by atoms with Crippen LogP contribution in [0.1, 0.15) is 11.1 Å². The number of hydrogen-bond donors (Lipinski definition) is 0. The zero-order chi connectivity index (χ0) is 45.2. The zero-order valence-electron chi connectivity index (χ0n) is 36.5. The first-order valence-corrected chi connectivity index (χ1v) is 22.5. The number of fused-ring (bicyclic) bond motifs is 6. The van der Waals surface area contributed by atoms with Crippen molar-refractivity contribution in [2.45, 2.75) is 13.1 Å². The fourth-order valence-electron chi connectivity index (χ4n) is 10.0. The summed E-state index contributed by atoms with van der Waals surface area (Å²) in [6.45, 7) is 1.90. The van der Waals surface area contributed by atoms with Crippen LogP contribution in [0.15, 0.2) is 231 Å². The van der Waals surface area contributed by atoms with Gasteiger partial charge < -0.3 is 9.13 Å². The third-order valence-corrected chi connectivity index (χ3v) is 13.3. The summed E-state index contributed by atoms with van der Waals surface area (Å²) in [6.07, 6.45) is -4.62. The maximum Gasteiger partial charge on any atom is 0.417 e. The van der Waals surface area contributed by atoms with Crippen molar-refractivity contribution >= 4 is 43.6 Å². The van der Waals surface area contributed by atoms with E-state index in [0.29, 0.717) is 11.3 Å². The standard InChI is InChI=1S/C62H41F3N2/c1-40-22-27-49(66-58-34-45(41-14-6-2-7-15-41)23-29-51(58)52-30-24-46(35-59(52)66)42-16-8-3-9-17-42)38-55(40)56-39-50(28-33-57(56)62(63,64)65)67-60-36-47(43-18-10-4-11-19-43)25-31-53(60)54-32-26-48(37-61(54)67)44-20-12-5-13-21-44/h2-39H,1H3. The van der Waals surface area contributed by atoms with E-state index in [-0.39, 0.29) is 5.56 Å². The van der Waals surface area contributed by atoms with E-state index >= 15 is 13.2 Å². The quantitative estimate of drug-likeness (QED) is 0.151. The molecule has 67 heavy (non-hydrogen) atoms. The molecule has 10 aromatic carbocycles. The minimum atomic E-state index is -4.62. The molecule has 2 nitrogen and oxygen atoms in total. The molecule has 2 heterocycles. The van der Waals surface area contributed by atoms with Crippen molar-refractivity contribution in [3.8, 4) is 67.0 Å². The van der Waals surface area contributed by atoms with Crippen LogP contribution in [0.4, 0.5) is 13.2 Å². The fraction of sp³-hybridized carbons (Fsp3) is 0.0323. The third kappa shape index (κ3) is 6.99. The van der Waals surface area contributed by atoms with Gasteiger partial charge in [-0.2, -0.15) is 13.2 Å². The summed E-state index contributed by atoms with van der Waals surface area (Å²) in [5.74, 6) is 0. The highest BCUT2D eigenvalue weighted by Crippen LogP contribution is 2.44. The molecule has 0 fully saturated rings. The molecule has 0 unspecified atom stereocenters. The highest BCUT2D eigenvalue weighted by Gasteiger charge is 2.34. The van der Waals surface area contributed by atoms with Gasteiger partial charge in [-0.25, -0.2) is 0 Å². The molecule has 0 bridgehead atoms. The van der Waals surface area contributed by atoms with E-state index in [4.69, 9.17) is 0 Å². The average molecular weight is 871 g/mol. The van der Waals surface area contributed by atoms with Crippen LogP contribution >= 0.6 is 0 Å². The van der Waals surface area contributed by atoms with Crippen LogP contribution in [0.2, 0.25) is 0 Å². The number of aromatic nitrogens is 2. The van der Waals surface area contributed by atoms with Gasteiger partial charge in [-0.15, -0.1) is 0 Å². The minimum Gasteiger partial charge on any atom is -0.309 e. The molecule has 0 aliphatic rings. The number of alkyl halides is 3. The van der Waals surface area contributed by atoms with Gasteiger partial charge in [0.15, 0.2) is 0 Å². The molecule has 0 N–H and O–H groups in total. The lowest BCUT2D eigenvalue weighted by Crippen LogP contribution is -2.09. The molecule has 0 atom stereocenters.